The highest BCUT2D eigenvalue weighted by atomic mass is 127. The maximum atomic E-state index is 14.5. The number of anilines is 3. The third-order valence-electron chi connectivity index (χ3n) is 4.87. The molecule has 31 heavy (non-hydrogen) atoms. The molecule has 0 radical (unpaired) electrons. The minimum atomic E-state index is -4.03. The summed E-state index contributed by atoms with van der Waals surface area (Å²) in [7, 11) is -4.03. The van der Waals surface area contributed by atoms with Crippen molar-refractivity contribution in [3.8, 4) is 0 Å². The van der Waals surface area contributed by atoms with Crippen molar-refractivity contribution in [2.24, 2.45) is 0 Å². The molecule has 1 saturated heterocycles. The summed E-state index contributed by atoms with van der Waals surface area (Å²) in [6.45, 7) is 4.81. The van der Waals surface area contributed by atoms with E-state index in [1.165, 1.54) is 16.4 Å². The fourth-order valence-corrected chi connectivity index (χ4v) is 4.96. The maximum Gasteiger partial charge on any atom is 0.301 e. The molecular formula is C20H22F3IN4O2S. The smallest absolute Gasteiger partial charge is 0.301 e. The highest BCUT2D eigenvalue weighted by molar-refractivity contribution is 14.1. The number of hydrogen-bond acceptors (Lipinski definition) is 4. The third-order valence-corrected chi connectivity index (χ3v) is 7.06. The van der Waals surface area contributed by atoms with E-state index < -0.39 is 33.3 Å². The maximum absolute atomic E-state index is 14.5. The van der Waals surface area contributed by atoms with E-state index in [-0.39, 0.29) is 30.5 Å². The topological polar surface area (TPSA) is 73.5 Å². The number of nitrogens with zero attached hydrogens (tertiary/aromatic N) is 1. The van der Waals surface area contributed by atoms with Crippen molar-refractivity contribution in [3.05, 3.63) is 64.0 Å². The molecule has 0 unspecified atom stereocenters. The molecule has 0 aliphatic carbocycles. The summed E-state index contributed by atoms with van der Waals surface area (Å²) in [5.41, 5.74) is -0.825. The number of halogens is 4. The van der Waals surface area contributed by atoms with Crippen LogP contribution in [0.15, 0.2) is 43.0 Å². The molecule has 6 nitrogen and oxygen atoms in total. The quantitative estimate of drug-likeness (QED) is 0.329. The predicted octanol–water partition coefficient (Wildman–Crippen LogP) is 4.35. The van der Waals surface area contributed by atoms with E-state index >= 15 is 0 Å². The molecule has 0 atom stereocenters. The van der Waals surface area contributed by atoms with E-state index in [0.29, 0.717) is 23.0 Å². The zero-order valence-corrected chi connectivity index (χ0v) is 19.4. The van der Waals surface area contributed by atoms with Crippen molar-refractivity contribution in [1.82, 2.24) is 9.62 Å². The van der Waals surface area contributed by atoms with Crippen LogP contribution < -0.4 is 15.4 Å². The van der Waals surface area contributed by atoms with Gasteiger partial charge in [0.1, 0.15) is 11.5 Å². The lowest BCUT2D eigenvalue weighted by Gasteiger charge is -2.31. The molecule has 1 fully saturated rings. The second kappa shape index (κ2) is 10.2. The fraction of sp³-hybridized carbons (Fsp3) is 0.300. The molecule has 0 amide bonds. The highest BCUT2D eigenvalue weighted by Crippen LogP contribution is 2.33. The average molecular weight is 566 g/mol. The van der Waals surface area contributed by atoms with Gasteiger partial charge >= 0.3 is 10.2 Å². The van der Waals surface area contributed by atoms with Crippen molar-refractivity contribution in [1.29, 1.82) is 0 Å². The number of piperidine rings is 1. The second-order valence-corrected chi connectivity index (χ2v) is 9.93. The lowest BCUT2D eigenvalue weighted by Crippen LogP contribution is -2.46. The van der Waals surface area contributed by atoms with Crippen LogP contribution in [0.3, 0.4) is 0 Å². The van der Waals surface area contributed by atoms with Gasteiger partial charge in [0.15, 0.2) is 11.6 Å². The Hall–Kier alpha value is -1.83. The van der Waals surface area contributed by atoms with E-state index in [9.17, 15) is 21.6 Å². The van der Waals surface area contributed by atoms with Crippen LogP contribution in [0.2, 0.25) is 0 Å². The van der Waals surface area contributed by atoms with Gasteiger partial charge in [-0.15, -0.1) is 6.58 Å². The molecular weight excluding hydrogens is 544 g/mol. The summed E-state index contributed by atoms with van der Waals surface area (Å²) in [5.74, 6) is -3.19. The minimum Gasteiger partial charge on any atom is -0.349 e. The van der Waals surface area contributed by atoms with Crippen LogP contribution in [0.5, 0.6) is 0 Å². The first-order valence-electron chi connectivity index (χ1n) is 9.53. The highest BCUT2D eigenvalue weighted by Gasteiger charge is 2.29. The first kappa shape index (κ1) is 23.8. The Balaban J connectivity index is 1.81. The first-order valence-corrected chi connectivity index (χ1v) is 12.1. The van der Waals surface area contributed by atoms with Crippen LogP contribution >= 0.6 is 22.6 Å². The molecule has 3 N–H and O–H groups in total. The molecule has 11 heteroatoms. The van der Waals surface area contributed by atoms with Gasteiger partial charge in [-0.1, -0.05) is 6.08 Å². The summed E-state index contributed by atoms with van der Waals surface area (Å²) in [4.78, 5) is 0. The summed E-state index contributed by atoms with van der Waals surface area (Å²) < 4.78 is 72.4. The molecule has 168 valence electrons. The lowest BCUT2D eigenvalue weighted by molar-refractivity contribution is 0.296. The monoisotopic (exact) mass is 566 g/mol. The average Bonchev–Trinajstić information content (AvgIpc) is 2.73. The molecule has 1 aliphatic heterocycles. The van der Waals surface area contributed by atoms with Crippen LogP contribution in [0.25, 0.3) is 0 Å². The molecule has 0 bridgehead atoms. The summed E-state index contributed by atoms with van der Waals surface area (Å²) >= 11 is 1.91. The molecule has 1 heterocycles. The van der Waals surface area contributed by atoms with E-state index in [1.54, 1.807) is 12.1 Å². The Morgan fingerprint density at radius 2 is 1.77 bits per heavy atom. The molecule has 2 aromatic carbocycles. The van der Waals surface area contributed by atoms with Crippen LogP contribution in [0, 0.1) is 21.0 Å². The van der Waals surface area contributed by atoms with Crippen molar-refractivity contribution in [2.45, 2.75) is 18.9 Å². The Kier molecular flexibility index (Phi) is 7.83. The van der Waals surface area contributed by atoms with E-state index in [2.05, 4.69) is 21.9 Å². The van der Waals surface area contributed by atoms with Crippen molar-refractivity contribution in [3.63, 3.8) is 0 Å². The summed E-state index contributed by atoms with van der Waals surface area (Å²) in [6, 6.07) is 6.25. The predicted molar refractivity (Wildman–Crippen MR) is 124 cm³/mol. The van der Waals surface area contributed by atoms with Crippen molar-refractivity contribution < 1.29 is 21.6 Å². The largest absolute Gasteiger partial charge is 0.349 e. The van der Waals surface area contributed by atoms with Gasteiger partial charge in [0.2, 0.25) is 0 Å². The van der Waals surface area contributed by atoms with Gasteiger partial charge in [0.25, 0.3) is 0 Å². The van der Waals surface area contributed by atoms with Crippen LogP contribution in [0.1, 0.15) is 12.8 Å². The minimum absolute atomic E-state index is 0.112. The number of benzene rings is 2. The van der Waals surface area contributed by atoms with E-state index in [0.717, 1.165) is 12.1 Å². The molecule has 2 aromatic rings. The SMILES string of the molecule is C=CCNC1CCN(S(=O)(=O)Nc2ccc(F)c(F)c2Nc2ccc(I)cc2F)CC1. The molecule has 0 aromatic heterocycles. The number of nitrogens with one attached hydrogen (secondary N) is 3. The van der Waals surface area contributed by atoms with Crippen LogP contribution in [-0.2, 0) is 10.2 Å². The molecule has 0 saturated carbocycles. The van der Waals surface area contributed by atoms with Gasteiger partial charge in [0.05, 0.1) is 11.4 Å². The van der Waals surface area contributed by atoms with Gasteiger partial charge in [-0.25, -0.2) is 13.2 Å². The van der Waals surface area contributed by atoms with Crippen molar-refractivity contribution in [2.75, 3.05) is 29.7 Å². The molecule has 3 rings (SSSR count). The Morgan fingerprint density at radius 1 is 1.10 bits per heavy atom. The molecule has 0 spiro atoms. The van der Waals surface area contributed by atoms with E-state index in [4.69, 9.17) is 0 Å². The first-order chi connectivity index (χ1) is 14.7. The van der Waals surface area contributed by atoms with Gasteiger partial charge in [-0.3, -0.25) is 4.72 Å². The zero-order valence-electron chi connectivity index (χ0n) is 16.5. The summed E-state index contributed by atoms with van der Waals surface area (Å²) in [6.07, 6.45) is 2.94. The number of hydrogen-bond donors (Lipinski definition) is 3. The third kappa shape index (κ3) is 5.90. The standard InChI is InChI=1S/C20H22F3IN4O2S/c1-2-9-25-14-7-10-28(11-8-14)31(29,30)27-18-6-4-15(21)19(23)20(18)26-17-5-3-13(24)12-16(17)22/h2-6,12,14,25-27H,1,7-11H2. The number of rotatable bonds is 8. The fourth-order valence-electron chi connectivity index (χ4n) is 3.24. The normalized spacial score (nSPS) is 15.6. The summed E-state index contributed by atoms with van der Waals surface area (Å²) in [5, 5.41) is 5.73. The Morgan fingerprint density at radius 3 is 2.42 bits per heavy atom. The van der Waals surface area contributed by atoms with Crippen LogP contribution in [-0.4, -0.2) is 38.4 Å². The van der Waals surface area contributed by atoms with Crippen LogP contribution in [0.4, 0.5) is 30.2 Å². The second-order valence-electron chi connectivity index (χ2n) is 7.01. The van der Waals surface area contributed by atoms with Gasteiger partial charge in [0, 0.05) is 29.2 Å². The van der Waals surface area contributed by atoms with Gasteiger partial charge in [-0.05, 0) is 65.8 Å². The van der Waals surface area contributed by atoms with E-state index in [1.807, 2.05) is 22.6 Å². The Bertz CT molecular complexity index is 1060. The lowest BCUT2D eigenvalue weighted by atomic mass is 10.1. The van der Waals surface area contributed by atoms with Gasteiger partial charge in [-0.2, -0.15) is 12.7 Å². The Labute approximate surface area is 193 Å². The van der Waals surface area contributed by atoms with Gasteiger partial charge < -0.3 is 10.6 Å². The van der Waals surface area contributed by atoms with Crippen molar-refractivity contribution >= 4 is 49.9 Å². The molecule has 1 aliphatic rings. The zero-order chi connectivity index (χ0) is 22.6.